The van der Waals surface area contributed by atoms with Crippen LogP contribution >= 0.6 is 11.3 Å². The number of ether oxygens (including phenoxy) is 2. The van der Waals surface area contributed by atoms with Crippen molar-refractivity contribution in [1.82, 2.24) is 5.01 Å². The SMILES string of the molecule is CCC1C=NN(Cc2cccc(NC(=O)c3cccs3)c2)C(=O)C1c1ccc(OC)c(OC)c1. The van der Waals surface area contributed by atoms with E-state index in [1.807, 2.05) is 67.0 Å². The molecule has 1 aromatic heterocycles. The number of nitrogens with zero attached hydrogens (tertiary/aromatic N) is 2. The Morgan fingerprint density at radius 1 is 1.09 bits per heavy atom. The van der Waals surface area contributed by atoms with E-state index >= 15 is 0 Å². The number of benzene rings is 2. The second-order valence-corrected chi connectivity index (χ2v) is 8.90. The summed E-state index contributed by atoms with van der Waals surface area (Å²) < 4.78 is 10.8. The van der Waals surface area contributed by atoms with Gasteiger partial charge in [-0.2, -0.15) is 5.10 Å². The Kier molecular flexibility index (Phi) is 7.27. The number of anilines is 1. The van der Waals surface area contributed by atoms with E-state index in [1.54, 1.807) is 20.3 Å². The van der Waals surface area contributed by atoms with Crippen LogP contribution in [0.2, 0.25) is 0 Å². The number of rotatable bonds is 8. The molecule has 176 valence electrons. The summed E-state index contributed by atoms with van der Waals surface area (Å²) in [7, 11) is 3.17. The maximum atomic E-state index is 13.5. The minimum Gasteiger partial charge on any atom is -0.493 e. The highest BCUT2D eigenvalue weighted by atomic mass is 32.1. The summed E-state index contributed by atoms with van der Waals surface area (Å²) in [6.07, 6.45) is 2.64. The molecule has 2 atom stereocenters. The van der Waals surface area contributed by atoms with Crippen LogP contribution in [0, 0.1) is 5.92 Å². The lowest BCUT2D eigenvalue weighted by molar-refractivity contribution is -0.135. The molecule has 0 saturated heterocycles. The zero-order valence-corrected chi connectivity index (χ0v) is 20.2. The summed E-state index contributed by atoms with van der Waals surface area (Å²) in [5, 5.41) is 10.7. The molecule has 2 amide bonds. The van der Waals surface area contributed by atoms with E-state index in [4.69, 9.17) is 9.47 Å². The number of hydrazone groups is 1. The second-order valence-electron chi connectivity index (χ2n) is 7.96. The van der Waals surface area contributed by atoms with Gasteiger partial charge in [0, 0.05) is 17.8 Å². The largest absolute Gasteiger partial charge is 0.493 e. The highest BCUT2D eigenvalue weighted by molar-refractivity contribution is 7.12. The maximum Gasteiger partial charge on any atom is 0.265 e. The van der Waals surface area contributed by atoms with Crippen molar-refractivity contribution < 1.29 is 19.1 Å². The van der Waals surface area contributed by atoms with Crippen LogP contribution in [0.4, 0.5) is 5.69 Å². The molecule has 0 spiro atoms. The van der Waals surface area contributed by atoms with Crippen molar-refractivity contribution in [3.05, 3.63) is 76.0 Å². The fraction of sp³-hybridized carbons (Fsp3) is 0.269. The third kappa shape index (κ3) is 4.97. The van der Waals surface area contributed by atoms with Crippen LogP contribution in [-0.2, 0) is 11.3 Å². The Morgan fingerprint density at radius 2 is 1.91 bits per heavy atom. The predicted molar refractivity (Wildman–Crippen MR) is 134 cm³/mol. The molecule has 4 rings (SSSR count). The van der Waals surface area contributed by atoms with Crippen LogP contribution in [0.25, 0.3) is 0 Å². The van der Waals surface area contributed by atoms with E-state index < -0.39 is 0 Å². The summed E-state index contributed by atoms with van der Waals surface area (Å²) in [5.74, 6) is 0.593. The monoisotopic (exact) mass is 477 g/mol. The molecule has 1 aliphatic rings. The highest BCUT2D eigenvalue weighted by Gasteiger charge is 2.35. The van der Waals surface area contributed by atoms with E-state index in [0.29, 0.717) is 28.6 Å². The number of carbonyl (C=O) groups is 2. The third-order valence-corrected chi connectivity index (χ3v) is 6.72. The maximum absolute atomic E-state index is 13.5. The Balaban J connectivity index is 1.54. The van der Waals surface area contributed by atoms with Gasteiger partial charge in [0.1, 0.15) is 0 Å². The first-order valence-corrected chi connectivity index (χ1v) is 11.9. The average Bonchev–Trinajstić information content (AvgIpc) is 3.40. The lowest BCUT2D eigenvalue weighted by atomic mass is 9.83. The molecule has 34 heavy (non-hydrogen) atoms. The molecule has 8 heteroatoms. The number of nitrogens with one attached hydrogen (secondary N) is 1. The van der Waals surface area contributed by atoms with Gasteiger partial charge in [-0.15, -0.1) is 11.3 Å². The molecule has 0 bridgehead atoms. The highest BCUT2D eigenvalue weighted by Crippen LogP contribution is 2.37. The van der Waals surface area contributed by atoms with E-state index in [0.717, 1.165) is 17.5 Å². The van der Waals surface area contributed by atoms with Crippen molar-refractivity contribution in [3.63, 3.8) is 0 Å². The predicted octanol–water partition coefficient (Wildman–Crippen LogP) is 5.16. The van der Waals surface area contributed by atoms with Crippen molar-refractivity contribution in [2.45, 2.75) is 25.8 Å². The third-order valence-electron chi connectivity index (χ3n) is 5.85. The lowest BCUT2D eigenvalue weighted by Gasteiger charge is -2.32. The van der Waals surface area contributed by atoms with Gasteiger partial charge in [-0.3, -0.25) is 9.59 Å². The van der Waals surface area contributed by atoms with Gasteiger partial charge in [0.2, 0.25) is 0 Å². The quantitative estimate of drug-likeness (QED) is 0.486. The summed E-state index contributed by atoms with van der Waals surface area (Å²) in [5.41, 5.74) is 2.41. The standard InChI is InChI=1S/C26H27N3O4S/c1-4-18-15-27-29(26(31)24(18)19-10-11-21(32-2)22(14-19)33-3)16-17-7-5-8-20(13-17)28-25(30)23-9-6-12-34-23/h5-15,18,24H,4,16H2,1-3H3,(H,28,30). The molecule has 0 saturated carbocycles. The fourth-order valence-electron chi connectivity index (χ4n) is 4.07. The van der Waals surface area contributed by atoms with Crippen LogP contribution in [0.5, 0.6) is 11.5 Å². The Morgan fingerprint density at radius 3 is 2.62 bits per heavy atom. The van der Waals surface area contributed by atoms with Gasteiger partial charge in [0.05, 0.1) is 31.6 Å². The summed E-state index contributed by atoms with van der Waals surface area (Å²) in [6, 6.07) is 16.7. The minimum atomic E-state index is -0.371. The van der Waals surface area contributed by atoms with E-state index in [9.17, 15) is 9.59 Å². The van der Waals surface area contributed by atoms with Crippen LogP contribution in [0.15, 0.2) is 65.1 Å². The lowest BCUT2D eigenvalue weighted by Crippen LogP contribution is -2.39. The molecular weight excluding hydrogens is 450 g/mol. The molecule has 0 radical (unpaired) electrons. The van der Waals surface area contributed by atoms with Crippen molar-refractivity contribution in [1.29, 1.82) is 0 Å². The molecule has 1 N–H and O–H groups in total. The number of thiophene rings is 1. The van der Waals surface area contributed by atoms with Crippen LogP contribution in [-0.4, -0.2) is 37.3 Å². The molecule has 0 aliphatic carbocycles. The van der Waals surface area contributed by atoms with Crippen molar-refractivity contribution >= 4 is 35.1 Å². The number of amides is 2. The zero-order chi connectivity index (χ0) is 24.1. The average molecular weight is 478 g/mol. The Hall–Kier alpha value is -3.65. The molecule has 2 aromatic carbocycles. The first-order chi connectivity index (χ1) is 16.5. The smallest absolute Gasteiger partial charge is 0.265 e. The summed E-state index contributed by atoms with van der Waals surface area (Å²) in [6.45, 7) is 2.35. The van der Waals surface area contributed by atoms with Gasteiger partial charge in [0.25, 0.3) is 11.8 Å². The number of hydrogen-bond acceptors (Lipinski definition) is 6. The van der Waals surface area contributed by atoms with Gasteiger partial charge in [-0.1, -0.05) is 31.2 Å². The summed E-state index contributed by atoms with van der Waals surface area (Å²) >= 11 is 1.39. The van der Waals surface area contributed by atoms with Crippen LogP contribution in [0.3, 0.4) is 0 Å². The van der Waals surface area contributed by atoms with Gasteiger partial charge in [0.15, 0.2) is 11.5 Å². The Labute approximate surface area is 203 Å². The van der Waals surface area contributed by atoms with E-state index in [-0.39, 0.29) is 23.7 Å². The van der Waals surface area contributed by atoms with Gasteiger partial charge >= 0.3 is 0 Å². The normalized spacial score (nSPS) is 17.5. The van der Waals surface area contributed by atoms with Crippen molar-refractivity contribution in [2.24, 2.45) is 11.0 Å². The molecule has 7 nitrogen and oxygen atoms in total. The first-order valence-electron chi connectivity index (χ1n) is 11.0. The fourth-order valence-corrected chi connectivity index (χ4v) is 4.69. The van der Waals surface area contributed by atoms with Gasteiger partial charge in [-0.25, -0.2) is 5.01 Å². The molecule has 0 fully saturated rings. The van der Waals surface area contributed by atoms with E-state index in [1.165, 1.54) is 16.3 Å². The first kappa shape index (κ1) is 23.5. The molecule has 3 aromatic rings. The van der Waals surface area contributed by atoms with Crippen molar-refractivity contribution in [2.75, 3.05) is 19.5 Å². The van der Waals surface area contributed by atoms with Crippen LogP contribution in [0.1, 0.15) is 40.1 Å². The van der Waals surface area contributed by atoms with E-state index in [2.05, 4.69) is 10.4 Å². The topological polar surface area (TPSA) is 80.2 Å². The minimum absolute atomic E-state index is 0.0155. The second kappa shape index (κ2) is 10.5. The number of hydrogen-bond donors (Lipinski definition) is 1. The molecular formula is C26H27N3O4S. The van der Waals surface area contributed by atoms with Gasteiger partial charge in [-0.05, 0) is 53.3 Å². The number of carbonyl (C=O) groups excluding carboxylic acids is 2. The van der Waals surface area contributed by atoms with Crippen molar-refractivity contribution in [3.8, 4) is 11.5 Å². The molecule has 2 unspecified atom stereocenters. The summed E-state index contributed by atoms with van der Waals surface area (Å²) in [4.78, 5) is 26.6. The molecule has 1 aliphatic heterocycles. The zero-order valence-electron chi connectivity index (χ0n) is 19.4. The Bertz CT molecular complexity index is 1190. The van der Waals surface area contributed by atoms with Crippen LogP contribution < -0.4 is 14.8 Å². The van der Waals surface area contributed by atoms with Gasteiger partial charge < -0.3 is 14.8 Å². The number of methoxy groups -OCH3 is 2. The molecule has 2 heterocycles.